The summed E-state index contributed by atoms with van der Waals surface area (Å²) in [4.78, 5) is 5.26. The average molecular weight is 739 g/mol. The Morgan fingerprint density at radius 1 is 0.642 bits per heavy atom. The molecule has 0 atom stereocenters. The zero-order chi connectivity index (χ0) is 37.0. The van der Waals surface area contributed by atoms with E-state index in [1.807, 2.05) is 48.5 Å². The smallest absolute Gasteiger partial charge is 0.261 e. The van der Waals surface area contributed by atoms with Crippen molar-refractivity contribution in [1.82, 2.24) is 0 Å². The fourth-order valence-corrected chi connectivity index (χ4v) is 8.37. The normalized spacial score (nSPS) is 12.1. The van der Waals surface area contributed by atoms with Crippen LogP contribution in [0.2, 0.25) is 0 Å². The van der Waals surface area contributed by atoms with Gasteiger partial charge in [0.15, 0.2) is 0 Å². The molecule has 0 bridgehead atoms. The summed E-state index contributed by atoms with van der Waals surface area (Å²) in [6.07, 6.45) is 5.86. The molecule has 1 aliphatic carbocycles. The third kappa shape index (κ3) is 7.66. The predicted octanol–water partition coefficient (Wildman–Crippen LogP) is 12.6. The van der Waals surface area contributed by atoms with Crippen molar-refractivity contribution in [2.75, 3.05) is 5.32 Å². The molecule has 0 radical (unpaired) electrons. The number of benzene rings is 6. The molecule has 0 amide bonds. The quantitative estimate of drug-likeness (QED) is 0.100. The highest BCUT2D eigenvalue weighted by molar-refractivity contribution is 8.13. The first kappa shape index (κ1) is 36.2. The van der Waals surface area contributed by atoms with E-state index in [1.54, 1.807) is 18.2 Å². The van der Waals surface area contributed by atoms with Crippen LogP contribution in [-0.2, 0) is 28.3 Å². The number of aryl methyl sites for hydroxylation is 3. The fourth-order valence-electron chi connectivity index (χ4n) is 7.29. The SMILES string of the molecule is CCCc1cccc(CCC)c1N=c1ccc2c(-c3ccccc3S(=O)(=O)Cl)c3ccc(Nc4c(CCC)cccc4-c4ccccc4)cc3oc-2c1. The van der Waals surface area contributed by atoms with Gasteiger partial charge in [0.05, 0.1) is 15.9 Å². The van der Waals surface area contributed by atoms with Gasteiger partial charge in [0.2, 0.25) is 0 Å². The molecule has 0 saturated heterocycles. The Balaban J connectivity index is 1.46. The van der Waals surface area contributed by atoms with E-state index in [0.29, 0.717) is 16.9 Å². The second kappa shape index (κ2) is 15.8. The number of hydrogen-bond donors (Lipinski definition) is 1. The minimum absolute atomic E-state index is 0.0464. The highest BCUT2D eigenvalue weighted by Gasteiger charge is 2.24. The van der Waals surface area contributed by atoms with Crippen LogP contribution in [0.3, 0.4) is 0 Å². The van der Waals surface area contributed by atoms with Gasteiger partial charge in [-0.15, -0.1) is 0 Å². The number of anilines is 2. The fraction of sp³-hybridized carbons (Fsp3) is 0.196. The first-order chi connectivity index (χ1) is 25.8. The third-order valence-electron chi connectivity index (χ3n) is 9.63. The molecular weight excluding hydrogens is 696 g/mol. The molecule has 0 aromatic heterocycles. The van der Waals surface area contributed by atoms with Crippen LogP contribution >= 0.6 is 10.7 Å². The van der Waals surface area contributed by atoms with E-state index < -0.39 is 9.05 Å². The Morgan fingerprint density at radius 2 is 1.28 bits per heavy atom. The van der Waals surface area contributed by atoms with Gasteiger partial charge in [-0.05, 0) is 71.8 Å². The molecule has 268 valence electrons. The van der Waals surface area contributed by atoms with E-state index in [-0.39, 0.29) is 4.90 Å². The molecule has 0 fully saturated rings. The molecule has 5 nitrogen and oxygen atoms in total. The summed E-state index contributed by atoms with van der Waals surface area (Å²) < 4.78 is 32.6. The number of nitrogens with one attached hydrogen (secondary N) is 1. The summed E-state index contributed by atoms with van der Waals surface area (Å²) >= 11 is 0. The van der Waals surface area contributed by atoms with Gasteiger partial charge in [-0.25, -0.2) is 13.4 Å². The van der Waals surface area contributed by atoms with Gasteiger partial charge in [0.25, 0.3) is 9.05 Å². The second-order valence-electron chi connectivity index (χ2n) is 13.4. The van der Waals surface area contributed by atoms with Gasteiger partial charge in [-0.3, -0.25) is 0 Å². The second-order valence-corrected chi connectivity index (χ2v) is 16.0. The number of para-hydroxylation sites is 2. The Kier molecular flexibility index (Phi) is 10.8. The first-order valence-electron chi connectivity index (χ1n) is 18.4. The molecule has 1 N–H and O–H groups in total. The van der Waals surface area contributed by atoms with E-state index in [1.165, 1.54) is 16.7 Å². The summed E-state index contributed by atoms with van der Waals surface area (Å²) in [7, 11) is 1.99. The first-order valence-corrected chi connectivity index (χ1v) is 20.7. The molecule has 1 heterocycles. The zero-order valence-corrected chi connectivity index (χ0v) is 31.9. The summed E-state index contributed by atoms with van der Waals surface area (Å²) in [5.41, 5.74) is 11.4. The van der Waals surface area contributed by atoms with Crippen LogP contribution in [0.15, 0.2) is 142 Å². The van der Waals surface area contributed by atoms with Crippen molar-refractivity contribution < 1.29 is 12.8 Å². The summed E-state index contributed by atoms with van der Waals surface area (Å²) in [5.74, 6) is 0.592. The number of hydrogen-bond acceptors (Lipinski definition) is 5. The number of rotatable bonds is 12. The van der Waals surface area contributed by atoms with E-state index in [9.17, 15) is 8.42 Å². The van der Waals surface area contributed by atoms with Crippen molar-refractivity contribution >= 4 is 47.8 Å². The van der Waals surface area contributed by atoms with Gasteiger partial charge in [-0.1, -0.05) is 125 Å². The van der Waals surface area contributed by atoms with Crippen molar-refractivity contribution in [2.45, 2.75) is 64.2 Å². The molecule has 53 heavy (non-hydrogen) atoms. The molecule has 0 saturated carbocycles. The van der Waals surface area contributed by atoms with Gasteiger partial charge >= 0.3 is 0 Å². The van der Waals surface area contributed by atoms with Crippen molar-refractivity contribution in [1.29, 1.82) is 0 Å². The lowest BCUT2D eigenvalue weighted by Gasteiger charge is -2.19. The topological polar surface area (TPSA) is 71.7 Å². The van der Waals surface area contributed by atoms with Gasteiger partial charge in [-0.2, -0.15) is 0 Å². The van der Waals surface area contributed by atoms with Crippen LogP contribution in [0.1, 0.15) is 56.7 Å². The van der Waals surface area contributed by atoms with Crippen LogP contribution in [0.5, 0.6) is 0 Å². The van der Waals surface area contributed by atoms with Crippen LogP contribution in [0.25, 0.3) is 44.5 Å². The summed E-state index contributed by atoms with van der Waals surface area (Å²) in [6, 6.07) is 42.1. The molecule has 7 heteroatoms. The van der Waals surface area contributed by atoms with Gasteiger partial charge in [0, 0.05) is 61.8 Å². The van der Waals surface area contributed by atoms with Crippen LogP contribution in [0, 0.1) is 0 Å². The Bertz CT molecular complexity index is 2540. The lowest BCUT2D eigenvalue weighted by atomic mass is 9.93. The molecule has 5 aromatic carbocycles. The number of fused-ring (bicyclic) bond motifs is 2. The third-order valence-corrected chi connectivity index (χ3v) is 11.0. The van der Waals surface area contributed by atoms with Gasteiger partial charge in [0.1, 0.15) is 11.3 Å². The van der Waals surface area contributed by atoms with Crippen LogP contribution in [0.4, 0.5) is 17.1 Å². The minimum atomic E-state index is -4.07. The van der Waals surface area contributed by atoms with E-state index in [4.69, 9.17) is 20.1 Å². The molecule has 5 aromatic rings. The maximum absolute atomic E-state index is 12.9. The summed E-state index contributed by atoms with van der Waals surface area (Å²) in [6.45, 7) is 6.56. The Hall–Kier alpha value is -5.17. The van der Waals surface area contributed by atoms with Gasteiger partial charge < -0.3 is 9.73 Å². The van der Waals surface area contributed by atoms with Crippen molar-refractivity contribution in [2.24, 2.45) is 4.99 Å². The van der Waals surface area contributed by atoms with E-state index in [2.05, 4.69) is 86.8 Å². The highest BCUT2D eigenvalue weighted by Crippen LogP contribution is 2.44. The lowest BCUT2D eigenvalue weighted by molar-refractivity contribution is 0.609. The summed E-state index contributed by atoms with van der Waals surface area (Å²) in [5, 5.41) is 5.28. The molecule has 2 aliphatic rings. The van der Waals surface area contributed by atoms with Crippen molar-refractivity contribution in [3.05, 3.63) is 149 Å². The molecular formula is C46H43ClN2O3S. The largest absolute Gasteiger partial charge is 0.456 e. The van der Waals surface area contributed by atoms with E-state index in [0.717, 1.165) is 88.6 Å². The molecule has 0 spiro atoms. The standard InChI is InChI=1S/C46H43ClN2O3S/c1-4-14-32-19-12-20-33(15-5-2)45(32)48-35-25-27-38-41(29-35)52-42-30-36(26-28-39(42)44(38)40-22-10-11-24-43(40)53(47,50)51)49-46-34(16-6-3)21-13-23-37(46)31-17-8-7-9-18-31/h7-13,17-30,49H,4-6,14-16H2,1-3H3. The number of halogens is 1. The van der Waals surface area contributed by atoms with Crippen molar-refractivity contribution in [3.63, 3.8) is 0 Å². The molecule has 7 rings (SSSR count). The zero-order valence-electron chi connectivity index (χ0n) is 30.3. The average Bonchev–Trinajstić information content (AvgIpc) is 3.16. The minimum Gasteiger partial charge on any atom is -0.456 e. The van der Waals surface area contributed by atoms with Crippen LogP contribution < -0.4 is 10.7 Å². The maximum Gasteiger partial charge on any atom is 0.261 e. The van der Waals surface area contributed by atoms with E-state index >= 15 is 0 Å². The lowest BCUT2D eigenvalue weighted by Crippen LogP contribution is -2.05. The van der Waals surface area contributed by atoms with Crippen LogP contribution in [-0.4, -0.2) is 8.42 Å². The monoisotopic (exact) mass is 738 g/mol. The van der Waals surface area contributed by atoms with Crippen molar-refractivity contribution in [3.8, 4) is 33.6 Å². The highest BCUT2D eigenvalue weighted by atomic mass is 35.7. The predicted molar refractivity (Wildman–Crippen MR) is 220 cm³/mol. The molecule has 1 aliphatic heterocycles. The molecule has 0 unspecified atom stereocenters. The number of nitrogens with zero attached hydrogens (tertiary/aromatic N) is 1. The Labute approximate surface area is 316 Å². The maximum atomic E-state index is 12.9. The Morgan fingerprint density at radius 3 is 2.00 bits per heavy atom.